The summed E-state index contributed by atoms with van der Waals surface area (Å²) in [5.74, 6) is -0.264. The van der Waals surface area contributed by atoms with Crippen molar-refractivity contribution in [1.29, 1.82) is 0 Å². The highest BCUT2D eigenvalue weighted by Gasteiger charge is 2.31. The van der Waals surface area contributed by atoms with Crippen molar-refractivity contribution in [2.75, 3.05) is 18.4 Å². The number of anilines is 1. The summed E-state index contributed by atoms with van der Waals surface area (Å²) in [6.45, 7) is 2.74. The van der Waals surface area contributed by atoms with Gasteiger partial charge in [0.15, 0.2) is 0 Å². The third-order valence-electron chi connectivity index (χ3n) is 5.18. The van der Waals surface area contributed by atoms with Gasteiger partial charge in [-0.05, 0) is 50.1 Å². The van der Waals surface area contributed by atoms with E-state index in [0.29, 0.717) is 41.5 Å². The van der Waals surface area contributed by atoms with Gasteiger partial charge in [-0.2, -0.15) is 4.31 Å². The molecule has 1 fully saturated rings. The Bertz CT molecular complexity index is 1190. The molecule has 1 N–H and O–H groups in total. The number of carbonyl (C=O) groups is 1. The van der Waals surface area contributed by atoms with E-state index in [1.165, 1.54) is 15.6 Å². The van der Waals surface area contributed by atoms with Gasteiger partial charge in [0.2, 0.25) is 15.0 Å². The molecule has 162 valence electrons. The quantitative estimate of drug-likeness (QED) is 0.592. The molecule has 0 unspecified atom stereocenters. The van der Waals surface area contributed by atoms with E-state index in [1.54, 1.807) is 48.5 Å². The van der Waals surface area contributed by atoms with Crippen molar-refractivity contribution in [2.24, 2.45) is 0 Å². The predicted octanol–water partition coefficient (Wildman–Crippen LogP) is 4.32. The number of piperidine rings is 1. The Kier molecular flexibility index (Phi) is 6.38. The van der Waals surface area contributed by atoms with Crippen LogP contribution in [0, 0.1) is 6.92 Å². The number of benzene rings is 2. The topological polar surface area (TPSA) is 92.3 Å². The van der Waals surface area contributed by atoms with Crippen molar-refractivity contribution in [3.63, 3.8) is 0 Å². The number of rotatable bonds is 5. The minimum absolute atomic E-state index is 0.0784. The van der Waals surface area contributed by atoms with Crippen LogP contribution in [0.4, 0.5) is 5.69 Å². The molecule has 31 heavy (non-hydrogen) atoms. The minimum Gasteiger partial charge on any atom is -0.320 e. The summed E-state index contributed by atoms with van der Waals surface area (Å²) in [5, 5.41) is 12.5. The zero-order valence-corrected chi connectivity index (χ0v) is 19.2. The molecule has 7 nitrogen and oxygen atoms in total. The van der Waals surface area contributed by atoms with Gasteiger partial charge >= 0.3 is 0 Å². The molecule has 1 aliphatic heterocycles. The van der Waals surface area contributed by atoms with Gasteiger partial charge in [0.05, 0.1) is 4.90 Å². The van der Waals surface area contributed by atoms with Crippen molar-refractivity contribution >= 4 is 44.6 Å². The first-order chi connectivity index (χ1) is 14.8. The van der Waals surface area contributed by atoms with Gasteiger partial charge in [0.1, 0.15) is 5.01 Å². The van der Waals surface area contributed by atoms with Crippen LogP contribution in [-0.4, -0.2) is 41.9 Å². The van der Waals surface area contributed by atoms with Crippen LogP contribution in [0.25, 0.3) is 0 Å². The van der Waals surface area contributed by atoms with Gasteiger partial charge in [-0.3, -0.25) is 4.79 Å². The summed E-state index contributed by atoms with van der Waals surface area (Å²) < 4.78 is 27.3. The SMILES string of the molecule is Cc1ccc(S(=O)(=O)N2CCC(c3nnc(C(=O)Nc4cccc(Cl)c4)s3)CC2)cc1. The Morgan fingerprint density at radius 2 is 1.84 bits per heavy atom. The van der Waals surface area contributed by atoms with Crippen molar-refractivity contribution in [2.45, 2.75) is 30.6 Å². The predicted molar refractivity (Wildman–Crippen MR) is 121 cm³/mol. The Morgan fingerprint density at radius 1 is 1.13 bits per heavy atom. The molecule has 2 aromatic carbocycles. The maximum atomic E-state index is 12.9. The molecule has 4 rings (SSSR count). The maximum absolute atomic E-state index is 12.9. The highest BCUT2D eigenvalue weighted by atomic mass is 35.5. The van der Waals surface area contributed by atoms with E-state index in [1.807, 2.05) is 6.92 Å². The molecule has 0 radical (unpaired) electrons. The van der Waals surface area contributed by atoms with E-state index in [4.69, 9.17) is 11.6 Å². The molecule has 2 heterocycles. The van der Waals surface area contributed by atoms with Crippen molar-refractivity contribution in [3.05, 3.63) is 69.1 Å². The van der Waals surface area contributed by atoms with Gasteiger partial charge in [-0.15, -0.1) is 10.2 Å². The first-order valence-corrected chi connectivity index (χ1v) is 12.4. The van der Waals surface area contributed by atoms with Gasteiger partial charge in [-0.1, -0.05) is 46.7 Å². The first kappa shape index (κ1) is 21.9. The molecular weight excluding hydrogens is 456 g/mol. The number of halogens is 1. The van der Waals surface area contributed by atoms with E-state index < -0.39 is 10.0 Å². The van der Waals surface area contributed by atoms with Gasteiger partial charge in [0.25, 0.3) is 5.91 Å². The maximum Gasteiger partial charge on any atom is 0.286 e. The molecule has 0 aliphatic carbocycles. The second kappa shape index (κ2) is 9.04. The number of nitrogens with zero attached hydrogens (tertiary/aromatic N) is 3. The number of nitrogens with one attached hydrogen (secondary N) is 1. The fourth-order valence-electron chi connectivity index (χ4n) is 3.44. The molecule has 3 aromatic rings. The fraction of sp³-hybridized carbons (Fsp3) is 0.286. The van der Waals surface area contributed by atoms with E-state index in [9.17, 15) is 13.2 Å². The zero-order chi connectivity index (χ0) is 22.0. The lowest BCUT2D eigenvalue weighted by Crippen LogP contribution is -2.37. The highest BCUT2D eigenvalue weighted by Crippen LogP contribution is 2.32. The number of sulfonamides is 1. The molecule has 1 aromatic heterocycles. The largest absolute Gasteiger partial charge is 0.320 e. The van der Waals surface area contributed by atoms with Crippen LogP contribution in [0.5, 0.6) is 0 Å². The summed E-state index contributed by atoms with van der Waals surface area (Å²) in [6, 6.07) is 13.8. The Hall–Kier alpha value is -2.33. The molecule has 0 saturated carbocycles. The second-order valence-corrected chi connectivity index (χ2v) is 10.8. The molecule has 0 spiro atoms. The lowest BCUT2D eigenvalue weighted by molar-refractivity contribution is 0.102. The Labute approximate surface area is 190 Å². The zero-order valence-electron chi connectivity index (χ0n) is 16.8. The monoisotopic (exact) mass is 476 g/mol. The van der Waals surface area contributed by atoms with Gasteiger partial charge in [-0.25, -0.2) is 8.42 Å². The van der Waals surface area contributed by atoms with Crippen LogP contribution in [0.2, 0.25) is 5.02 Å². The fourth-order valence-corrected chi connectivity index (χ4v) is 6.01. The highest BCUT2D eigenvalue weighted by molar-refractivity contribution is 7.89. The van der Waals surface area contributed by atoms with Crippen LogP contribution in [0.3, 0.4) is 0 Å². The normalized spacial score (nSPS) is 15.7. The standard InChI is InChI=1S/C21H21ClN4O3S2/c1-14-5-7-18(8-6-14)31(28,29)26-11-9-15(10-12-26)20-24-25-21(30-20)19(27)23-17-4-2-3-16(22)13-17/h2-8,13,15H,9-12H2,1H3,(H,23,27). The molecule has 0 bridgehead atoms. The third-order valence-corrected chi connectivity index (χ3v) is 8.41. The van der Waals surface area contributed by atoms with Crippen molar-refractivity contribution in [1.82, 2.24) is 14.5 Å². The third kappa shape index (κ3) is 4.95. The second-order valence-electron chi connectivity index (χ2n) is 7.40. The van der Waals surface area contributed by atoms with Crippen molar-refractivity contribution < 1.29 is 13.2 Å². The number of aryl methyl sites for hydroxylation is 1. The molecule has 1 amide bonds. The number of aromatic nitrogens is 2. The number of carbonyl (C=O) groups excluding carboxylic acids is 1. The van der Waals surface area contributed by atoms with E-state index in [0.717, 1.165) is 10.6 Å². The molecule has 0 atom stereocenters. The van der Waals surface area contributed by atoms with Crippen molar-refractivity contribution in [3.8, 4) is 0 Å². The summed E-state index contributed by atoms with van der Waals surface area (Å²) >= 11 is 7.19. The lowest BCUT2D eigenvalue weighted by atomic mass is 9.99. The van der Waals surface area contributed by atoms with E-state index in [2.05, 4.69) is 15.5 Å². The average Bonchev–Trinajstić information content (AvgIpc) is 3.25. The van der Waals surface area contributed by atoms with Crippen LogP contribution >= 0.6 is 22.9 Å². The average molecular weight is 477 g/mol. The van der Waals surface area contributed by atoms with Crippen LogP contribution in [0.1, 0.15) is 39.1 Å². The molecule has 10 heteroatoms. The molecule has 1 saturated heterocycles. The minimum atomic E-state index is -3.50. The van der Waals surface area contributed by atoms with Gasteiger partial charge < -0.3 is 5.32 Å². The van der Waals surface area contributed by atoms with Crippen LogP contribution in [-0.2, 0) is 10.0 Å². The number of hydrogen-bond donors (Lipinski definition) is 1. The number of amides is 1. The summed E-state index contributed by atoms with van der Waals surface area (Å²) in [6.07, 6.45) is 1.27. The Morgan fingerprint density at radius 3 is 2.52 bits per heavy atom. The Balaban J connectivity index is 1.39. The molecular formula is C21H21ClN4O3S2. The van der Waals surface area contributed by atoms with E-state index in [-0.39, 0.29) is 16.8 Å². The van der Waals surface area contributed by atoms with Crippen LogP contribution < -0.4 is 5.32 Å². The summed E-state index contributed by atoms with van der Waals surface area (Å²) in [4.78, 5) is 12.8. The summed E-state index contributed by atoms with van der Waals surface area (Å²) in [7, 11) is -3.50. The van der Waals surface area contributed by atoms with Crippen LogP contribution in [0.15, 0.2) is 53.4 Å². The number of hydrogen-bond acceptors (Lipinski definition) is 6. The lowest BCUT2D eigenvalue weighted by Gasteiger charge is -2.30. The smallest absolute Gasteiger partial charge is 0.286 e. The molecule has 1 aliphatic rings. The summed E-state index contributed by atoms with van der Waals surface area (Å²) in [5.41, 5.74) is 1.60. The van der Waals surface area contributed by atoms with Gasteiger partial charge in [0, 0.05) is 29.7 Å². The first-order valence-electron chi connectivity index (χ1n) is 9.80. The van der Waals surface area contributed by atoms with E-state index >= 15 is 0 Å².